The number of nitrogens with two attached hydrogens (primary N) is 1. The Morgan fingerprint density at radius 2 is 1.89 bits per heavy atom. The van der Waals surface area contributed by atoms with Crippen molar-refractivity contribution in [3.63, 3.8) is 0 Å². The molecule has 1 amide bonds. The molecule has 0 saturated carbocycles. The van der Waals surface area contributed by atoms with E-state index in [9.17, 15) is 9.18 Å². The summed E-state index contributed by atoms with van der Waals surface area (Å²) in [5.41, 5.74) is 7.11. The van der Waals surface area contributed by atoms with E-state index < -0.39 is 5.82 Å². The first-order valence-corrected chi connectivity index (χ1v) is 6.02. The average molecular weight is 279 g/mol. The molecule has 0 atom stereocenters. The summed E-state index contributed by atoms with van der Waals surface area (Å²) in [7, 11) is 0. The van der Waals surface area contributed by atoms with Gasteiger partial charge in [0, 0.05) is 10.7 Å². The Kier molecular flexibility index (Phi) is 4.02. The van der Waals surface area contributed by atoms with Gasteiger partial charge in [0.15, 0.2) is 0 Å². The van der Waals surface area contributed by atoms with Crippen molar-refractivity contribution in [1.29, 1.82) is 0 Å². The zero-order valence-electron chi connectivity index (χ0n) is 9.99. The summed E-state index contributed by atoms with van der Waals surface area (Å²) in [6.07, 6.45) is 0.155. The molecule has 0 aliphatic heterocycles. The lowest BCUT2D eigenvalue weighted by molar-refractivity contribution is -0.115. The molecule has 3 nitrogen and oxygen atoms in total. The summed E-state index contributed by atoms with van der Waals surface area (Å²) in [4.78, 5) is 11.8. The van der Waals surface area contributed by atoms with E-state index in [1.165, 1.54) is 12.1 Å². The Balaban J connectivity index is 2.03. The molecule has 0 saturated heterocycles. The molecule has 19 heavy (non-hydrogen) atoms. The molecular formula is C14H12ClFN2O. The SMILES string of the molecule is Nc1ccc(CC(=O)Nc2ccc(Cl)cc2F)cc1. The number of nitrogen functional groups attached to an aromatic ring is 1. The lowest BCUT2D eigenvalue weighted by Crippen LogP contribution is -2.15. The van der Waals surface area contributed by atoms with Gasteiger partial charge in [-0.25, -0.2) is 4.39 Å². The quantitative estimate of drug-likeness (QED) is 0.847. The van der Waals surface area contributed by atoms with Crippen LogP contribution in [-0.2, 0) is 11.2 Å². The molecule has 2 rings (SSSR count). The van der Waals surface area contributed by atoms with E-state index in [1.54, 1.807) is 24.3 Å². The van der Waals surface area contributed by atoms with E-state index in [-0.39, 0.29) is 23.0 Å². The first kappa shape index (κ1) is 13.4. The fourth-order valence-corrected chi connectivity index (χ4v) is 1.76. The minimum Gasteiger partial charge on any atom is -0.399 e. The summed E-state index contributed by atoms with van der Waals surface area (Å²) in [6.45, 7) is 0. The maximum absolute atomic E-state index is 13.5. The van der Waals surface area contributed by atoms with Gasteiger partial charge >= 0.3 is 0 Å². The summed E-state index contributed by atoms with van der Waals surface area (Å²) in [6, 6.07) is 11.0. The van der Waals surface area contributed by atoms with Gasteiger partial charge in [0.2, 0.25) is 5.91 Å². The van der Waals surface area contributed by atoms with Crippen LogP contribution < -0.4 is 11.1 Å². The van der Waals surface area contributed by atoms with Crippen molar-refractivity contribution in [1.82, 2.24) is 0 Å². The molecule has 0 fully saturated rings. The van der Waals surface area contributed by atoms with Crippen molar-refractivity contribution in [2.45, 2.75) is 6.42 Å². The lowest BCUT2D eigenvalue weighted by atomic mass is 10.1. The highest BCUT2D eigenvalue weighted by Crippen LogP contribution is 2.19. The van der Waals surface area contributed by atoms with Gasteiger partial charge in [-0.3, -0.25) is 4.79 Å². The van der Waals surface area contributed by atoms with Crippen LogP contribution in [-0.4, -0.2) is 5.91 Å². The Bertz CT molecular complexity index is 599. The minimum absolute atomic E-state index is 0.116. The Morgan fingerprint density at radius 1 is 1.21 bits per heavy atom. The van der Waals surface area contributed by atoms with Gasteiger partial charge in [-0.05, 0) is 35.9 Å². The van der Waals surface area contributed by atoms with Gasteiger partial charge in [-0.15, -0.1) is 0 Å². The third-order valence-electron chi connectivity index (χ3n) is 2.55. The van der Waals surface area contributed by atoms with Crippen LogP contribution in [0.1, 0.15) is 5.56 Å². The predicted molar refractivity (Wildman–Crippen MR) is 74.6 cm³/mol. The molecule has 0 bridgehead atoms. The number of carbonyl (C=O) groups is 1. The fraction of sp³-hybridized carbons (Fsp3) is 0.0714. The fourth-order valence-electron chi connectivity index (χ4n) is 1.61. The van der Waals surface area contributed by atoms with E-state index in [1.807, 2.05) is 0 Å². The van der Waals surface area contributed by atoms with E-state index in [0.717, 1.165) is 11.6 Å². The third kappa shape index (κ3) is 3.69. The standard InChI is InChI=1S/C14H12ClFN2O/c15-10-3-6-13(12(16)8-10)18-14(19)7-9-1-4-11(17)5-2-9/h1-6,8H,7,17H2,(H,18,19). The highest BCUT2D eigenvalue weighted by molar-refractivity contribution is 6.30. The Hall–Kier alpha value is -2.07. The molecule has 98 valence electrons. The predicted octanol–water partition coefficient (Wildman–Crippen LogP) is 3.24. The number of hydrogen-bond donors (Lipinski definition) is 2. The number of anilines is 2. The van der Waals surface area contributed by atoms with Gasteiger partial charge in [-0.2, -0.15) is 0 Å². The second-order valence-corrected chi connectivity index (χ2v) is 4.53. The molecule has 0 aromatic heterocycles. The van der Waals surface area contributed by atoms with Crippen molar-refractivity contribution in [2.75, 3.05) is 11.1 Å². The second-order valence-electron chi connectivity index (χ2n) is 4.09. The Morgan fingerprint density at radius 3 is 2.53 bits per heavy atom. The molecule has 2 aromatic rings. The molecule has 0 aliphatic rings. The number of nitrogens with one attached hydrogen (secondary N) is 1. The van der Waals surface area contributed by atoms with Gasteiger partial charge in [0.05, 0.1) is 12.1 Å². The van der Waals surface area contributed by atoms with Crippen molar-refractivity contribution in [2.24, 2.45) is 0 Å². The smallest absolute Gasteiger partial charge is 0.228 e. The highest BCUT2D eigenvalue weighted by Gasteiger charge is 2.08. The van der Waals surface area contributed by atoms with Gasteiger partial charge in [0.1, 0.15) is 5.82 Å². The van der Waals surface area contributed by atoms with Crippen LogP contribution in [0, 0.1) is 5.82 Å². The van der Waals surface area contributed by atoms with Gasteiger partial charge in [0.25, 0.3) is 0 Å². The first-order valence-electron chi connectivity index (χ1n) is 5.64. The largest absolute Gasteiger partial charge is 0.399 e. The van der Waals surface area contributed by atoms with Crippen molar-refractivity contribution in [3.8, 4) is 0 Å². The zero-order valence-corrected chi connectivity index (χ0v) is 10.7. The van der Waals surface area contributed by atoms with Crippen LogP contribution in [0.3, 0.4) is 0 Å². The molecule has 0 aliphatic carbocycles. The van der Waals surface area contributed by atoms with E-state index in [4.69, 9.17) is 17.3 Å². The molecule has 3 N–H and O–H groups in total. The summed E-state index contributed by atoms with van der Waals surface area (Å²) in [5, 5.41) is 2.78. The van der Waals surface area contributed by atoms with Crippen LogP contribution in [0.25, 0.3) is 0 Å². The van der Waals surface area contributed by atoms with Crippen molar-refractivity contribution < 1.29 is 9.18 Å². The van der Waals surface area contributed by atoms with Crippen molar-refractivity contribution >= 4 is 28.9 Å². The maximum Gasteiger partial charge on any atom is 0.228 e. The third-order valence-corrected chi connectivity index (χ3v) is 2.78. The summed E-state index contributed by atoms with van der Waals surface area (Å²) >= 11 is 5.63. The van der Waals surface area contributed by atoms with Crippen molar-refractivity contribution in [3.05, 3.63) is 58.9 Å². The summed E-state index contributed by atoms with van der Waals surface area (Å²) < 4.78 is 13.5. The number of halogens is 2. The first-order chi connectivity index (χ1) is 9.04. The van der Waals surface area contributed by atoms with Crippen LogP contribution in [0.15, 0.2) is 42.5 Å². The monoisotopic (exact) mass is 278 g/mol. The lowest BCUT2D eigenvalue weighted by Gasteiger charge is -2.07. The number of hydrogen-bond acceptors (Lipinski definition) is 2. The van der Waals surface area contributed by atoms with E-state index in [0.29, 0.717) is 5.69 Å². The maximum atomic E-state index is 13.5. The average Bonchev–Trinajstić information content (AvgIpc) is 2.36. The molecule has 5 heteroatoms. The van der Waals surface area contributed by atoms with Crippen LogP contribution in [0.2, 0.25) is 5.02 Å². The number of carbonyl (C=O) groups excluding carboxylic acids is 1. The summed E-state index contributed by atoms with van der Waals surface area (Å²) in [5.74, 6) is -0.857. The van der Waals surface area contributed by atoms with Gasteiger partial charge < -0.3 is 11.1 Å². The normalized spacial score (nSPS) is 10.2. The van der Waals surface area contributed by atoms with Crippen LogP contribution in [0.4, 0.5) is 15.8 Å². The van der Waals surface area contributed by atoms with E-state index in [2.05, 4.69) is 5.32 Å². The minimum atomic E-state index is -0.557. The molecule has 2 aromatic carbocycles. The number of amides is 1. The Labute approximate surface area is 115 Å². The number of benzene rings is 2. The molecule has 0 heterocycles. The molecule has 0 spiro atoms. The number of rotatable bonds is 3. The van der Waals surface area contributed by atoms with Crippen LogP contribution >= 0.6 is 11.6 Å². The second kappa shape index (κ2) is 5.71. The van der Waals surface area contributed by atoms with Gasteiger partial charge in [-0.1, -0.05) is 23.7 Å². The van der Waals surface area contributed by atoms with E-state index >= 15 is 0 Å². The molecular weight excluding hydrogens is 267 g/mol. The topological polar surface area (TPSA) is 55.1 Å². The molecule has 0 radical (unpaired) electrons. The molecule has 0 unspecified atom stereocenters. The van der Waals surface area contributed by atoms with Crippen LogP contribution in [0.5, 0.6) is 0 Å². The zero-order chi connectivity index (χ0) is 13.8. The highest BCUT2D eigenvalue weighted by atomic mass is 35.5.